The van der Waals surface area contributed by atoms with E-state index in [1.165, 1.54) is 13.2 Å². The van der Waals surface area contributed by atoms with E-state index in [0.29, 0.717) is 0 Å². The van der Waals surface area contributed by atoms with Gasteiger partial charge in [0.15, 0.2) is 0 Å². The minimum absolute atomic E-state index is 0.0345. The summed E-state index contributed by atoms with van der Waals surface area (Å²) < 4.78 is 68.8. The summed E-state index contributed by atoms with van der Waals surface area (Å²) in [6, 6.07) is 3.49. The number of alkyl halides is 3. The van der Waals surface area contributed by atoms with Crippen LogP contribution in [0.3, 0.4) is 0 Å². The van der Waals surface area contributed by atoms with Gasteiger partial charge in [-0.3, -0.25) is 0 Å². The maximum Gasteiger partial charge on any atom is 0.407 e. The number of nitrogens with one attached hydrogen (secondary N) is 1. The van der Waals surface area contributed by atoms with Gasteiger partial charge >= 0.3 is 6.18 Å². The van der Waals surface area contributed by atoms with Gasteiger partial charge < -0.3 is 10.5 Å². The summed E-state index contributed by atoms with van der Waals surface area (Å²) in [7, 11) is -2.94. The highest BCUT2D eigenvalue weighted by molar-refractivity contribution is 7.89. The Morgan fingerprint density at radius 1 is 1.35 bits per heavy atom. The third-order valence-electron chi connectivity index (χ3n) is 3.13. The smallest absolute Gasteiger partial charge is 0.407 e. The van der Waals surface area contributed by atoms with Gasteiger partial charge in [-0.15, -0.1) is 0 Å². The maximum absolute atomic E-state index is 12.8. The van der Waals surface area contributed by atoms with Crippen molar-refractivity contribution in [2.24, 2.45) is 0 Å². The Kier molecular flexibility index (Phi) is 3.37. The van der Waals surface area contributed by atoms with E-state index >= 15 is 0 Å². The van der Waals surface area contributed by atoms with Gasteiger partial charge in [0.2, 0.25) is 10.0 Å². The molecule has 0 bridgehead atoms. The van der Waals surface area contributed by atoms with E-state index in [-0.39, 0.29) is 29.2 Å². The molecule has 1 saturated carbocycles. The molecular formula is C11H13F3N2O3S. The second kappa shape index (κ2) is 4.52. The van der Waals surface area contributed by atoms with Gasteiger partial charge in [0, 0.05) is 0 Å². The second-order valence-electron chi connectivity index (χ2n) is 4.59. The number of halogens is 3. The molecule has 0 radical (unpaired) electrons. The Labute approximate surface area is 114 Å². The first-order valence-electron chi connectivity index (χ1n) is 5.65. The maximum atomic E-state index is 12.8. The van der Waals surface area contributed by atoms with Crippen molar-refractivity contribution in [2.75, 3.05) is 12.8 Å². The number of rotatable bonds is 4. The van der Waals surface area contributed by atoms with Crippen LogP contribution < -0.4 is 15.2 Å². The number of nitrogens with two attached hydrogens (primary N) is 1. The SMILES string of the molecule is COc1ccc(S(=O)(=O)NC2(C(F)(F)F)CC2)cc1N. The highest BCUT2D eigenvalue weighted by Crippen LogP contribution is 2.49. The fourth-order valence-electron chi connectivity index (χ4n) is 1.76. The van der Waals surface area contributed by atoms with Crippen LogP contribution in [-0.4, -0.2) is 27.2 Å². The minimum atomic E-state index is -4.61. The summed E-state index contributed by atoms with van der Waals surface area (Å²) in [5, 5.41) is 0. The molecule has 1 aliphatic rings. The monoisotopic (exact) mass is 310 g/mol. The van der Waals surface area contributed by atoms with Crippen molar-refractivity contribution >= 4 is 15.7 Å². The zero-order valence-corrected chi connectivity index (χ0v) is 11.3. The molecule has 2 rings (SSSR count). The summed E-state index contributed by atoms with van der Waals surface area (Å²) >= 11 is 0. The van der Waals surface area contributed by atoms with Crippen molar-refractivity contribution in [2.45, 2.75) is 29.5 Å². The Morgan fingerprint density at radius 2 is 1.95 bits per heavy atom. The first-order chi connectivity index (χ1) is 9.11. The molecule has 0 heterocycles. The van der Waals surface area contributed by atoms with Gasteiger partial charge in [-0.05, 0) is 31.0 Å². The van der Waals surface area contributed by atoms with Crippen molar-refractivity contribution in [1.82, 2.24) is 4.72 Å². The molecule has 0 saturated heterocycles. The van der Waals surface area contributed by atoms with Crippen LogP contribution in [0.1, 0.15) is 12.8 Å². The quantitative estimate of drug-likeness (QED) is 0.829. The third kappa shape index (κ3) is 2.55. The molecule has 0 spiro atoms. The Bertz CT molecular complexity index is 624. The molecule has 1 aromatic carbocycles. The highest BCUT2D eigenvalue weighted by atomic mass is 32.2. The Balaban J connectivity index is 2.30. The Hall–Kier alpha value is -1.48. The van der Waals surface area contributed by atoms with Crippen molar-refractivity contribution in [3.8, 4) is 5.75 Å². The second-order valence-corrected chi connectivity index (χ2v) is 6.27. The summed E-state index contributed by atoms with van der Waals surface area (Å²) in [4.78, 5) is -0.327. The number of hydrogen-bond donors (Lipinski definition) is 2. The number of ether oxygens (including phenoxy) is 1. The molecule has 0 aliphatic heterocycles. The van der Waals surface area contributed by atoms with E-state index in [4.69, 9.17) is 10.5 Å². The van der Waals surface area contributed by atoms with Gasteiger partial charge in [-0.2, -0.15) is 17.9 Å². The molecule has 112 valence electrons. The molecule has 0 amide bonds. The van der Waals surface area contributed by atoms with Crippen molar-refractivity contribution < 1.29 is 26.3 Å². The standard InChI is InChI=1S/C11H13F3N2O3S/c1-19-9-3-2-7(6-8(9)15)20(17,18)16-10(4-5-10)11(12,13)14/h2-3,6,16H,4-5,15H2,1H3. The lowest BCUT2D eigenvalue weighted by molar-refractivity contribution is -0.160. The van der Waals surface area contributed by atoms with E-state index < -0.39 is 21.7 Å². The lowest BCUT2D eigenvalue weighted by atomic mass is 10.3. The van der Waals surface area contributed by atoms with Gasteiger partial charge in [0.1, 0.15) is 11.3 Å². The largest absolute Gasteiger partial charge is 0.495 e. The van der Waals surface area contributed by atoms with Crippen LogP contribution in [0.15, 0.2) is 23.1 Å². The van der Waals surface area contributed by atoms with Crippen LogP contribution in [-0.2, 0) is 10.0 Å². The molecule has 1 fully saturated rings. The summed E-state index contributed by atoms with van der Waals surface area (Å²) in [5.74, 6) is 0.251. The fraction of sp³-hybridized carbons (Fsp3) is 0.455. The topological polar surface area (TPSA) is 81.4 Å². The molecular weight excluding hydrogens is 297 g/mol. The number of anilines is 1. The third-order valence-corrected chi connectivity index (χ3v) is 4.67. The Morgan fingerprint density at radius 3 is 2.35 bits per heavy atom. The molecule has 3 N–H and O–H groups in total. The lowest BCUT2D eigenvalue weighted by Crippen LogP contribution is -2.47. The summed E-state index contributed by atoms with van der Waals surface area (Å²) in [6.07, 6.45) is -5.14. The first kappa shape index (κ1) is 14.9. The lowest BCUT2D eigenvalue weighted by Gasteiger charge is -2.20. The molecule has 0 unspecified atom stereocenters. The zero-order chi connectivity index (χ0) is 15.2. The van der Waals surface area contributed by atoms with Crippen LogP contribution in [0.2, 0.25) is 0 Å². The van der Waals surface area contributed by atoms with Crippen LogP contribution >= 0.6 is 0 Å². The number of methoxy groups -OCH3 is 1. The first-order valence-corrected chi connectivity index (χ1v) is 7.14. The van der Waals surface area contributed by atoms with E-state index in [0.717, 1.165) is 12.1 Å². The van der Waals surface area contributed by atoms with Crippen LogP contribution in [0.5, 0.6) is 5.75 Å². The van der Waals surface area contributed by atoms with Crippen molar-refractivity contribution in [1.29, 1.82) is 0 Å². The molecule has 20 heavy (non-hydrogen) atoms. The summed E-state index contributed by atoms with van der Waals surface area (Å²) in [6.45, 7) is 0. The van der Waals surface area contributed by atoms with Gasteiger partial charge in [0.05, 0.1) is 17.7 Å². The van der Waals surface area contributed by atoms with E-state index in [2.05, 4.69) is 0 Å². The van der Waals surface area contributed by atoms with Crippen molar-refractivity contribution in [3.05, 3.63) is 18.2 Å². The van der Waals surface area contributed by atoms with Crippen LogP contribution in [0.4, 0.5) is 18.9 Å². The normalized spacial score (nSPS) is 17.8. The van der Waals surface area contributed by atoms with Crippen LogP contribution in [0.25, 0.3) is 0 Å². The van der Waals surface area contributed by atoms with Crippen LogP contribution in [0, 0.1) is 0 Å². The predicted molar refractivity (Wildman–Crippen MR) is 65.7 cm³/mol. The van der Waals surface area contributed by atoms with E-state index in [9.17, 15) is 21.6 Å². The minimum Gasteiger partial charge on any atom is -0.495 e. The predicted octanol–water partition coefficient (Wildman–Crippen LogP) is 1.65. The average Bonchev–Trinajstić information content (AvgIpc) is 3.08. The van der Waals surface area contributed by atoms with Crippen molar-refractivity contribution in [3.63, 3.8) is 0 Å². The zero-order valence-electron chi connectivity index (χ0n) is 10.5. The molecule has 9 heteroatoms. The molecule has 0 atom stereocenters. The molecule has 1 aliphatic carbocycles. The highest BCUT2D eigenvalue weighted by Gasteiger charge is 2.65. The molecule has 1 aromatic rings. The fourth-order valence-corrected chi connectivity index (χ4v) is 3.25. The molecule has 5 nitrogen and oxygen atoms in total. The number of sulfonamides is 1. The summed E-state index contributed by atoms with van der Waals surface area (Å²) in [5.41, 5.74) is 3.24. The number of benzene rings is 1. The number of nitrogen functional groups attached to an aromatic ring is 1. The van der Waals surface area contributed by atoms with E-state index in [1.54, 1.807) is 4.72 Å². The van der Waals surface area contributed by atoms with Gasteiger partial charge in [0.25, 0.3) is 0 Å². The van der Waals surface area contributed by atoms with Gasteiger partial charge in [-0.1, -0.05) is 0 Å². The number of hydrogen-bond acceptors (Lipinski definition) is 4. The van der Waals surface area contributed by atoms with E-state index in [1.807, 2.05) is 0 Å². The molecule has 0 aromatic heterocycles. The van der Waals surface area contributed by atoms with Gasteiger partial charge in [-0.25, -0.2) is 8.42 Å². The average molecular weight is 310 g/mol.